The molecule has 2 heterocycles. The van der Waals surface area contributed by atoms with Crippen molar-refractivity contribution in [3.63, 3.8) is 0 Å². The van der Waals surface area contributed by atoms with Gasteiger partial charge in [-0.15, -0.1) is 5.10 Å². The monoisotopic (exact) mass is 351 g/mol. The van der Waals surface area contributed by atoms with Crippen LogP contribution in [0.15, 0.2) is 34.7 Å². The van der Waals surface area contributed by atoms with Crippen LogP contribution in [0.1, 0.15) is 19.8 Å². The molecule has 0 N–H and O–H groups in total. The van der Waals surface area contributed by atoms with Crippen LogP contribution in [0, 0.1) is 0 Å². The fraction of sp³-hybridized carbons (Fsp3) is 0.438. The van der Waals surface area contributed by atoms with E-state index >= 15 is 0 Å². The molecule has 23 heavy (non-hydrogen) atoms. The molecule has 0 spiro atoms. The Bertz CT molecular complexity index is 636. The highest BCUT2D eigenvalue weighted by Gasteiger charge is 2.04. The van der Waals surface area contributed by atoms with E-state index in [2.05, 4.69) is 39.5 Å². The summed E-state index contributed by atoms with van der Waals surface area (Å²) < 4.78 is 6.50. The van der Waals surface area contributed by atoms with Crippen LogP contribution in [0.5, 0.6) is 0 Å². The summed E-state index contributed by atoms with van der Waals surface area (Å²) in [6, 6.07) is 2.05. The highest BCUT2D eigenvalue weighted by Crippen LogP contribution is 2.19. The van der Waals surface area contributed by atoms with Gasteiger partial charge in [0.2, 0.25) is 0 Å². The molecule has 0 radical (unpaired) electrons. The summed E-state index contributed by atoms with van der Waals surface area (Å²) in [5.41, 5.74) is 3.37. The van der Waals surface area contributed by atoms with Crippen LogP contribution < -0.4 is 0 Å². The molecule has 0 atom stereocenters. The van der Waals surface area contributed by atoms with Crippen molar-refractivity contribution >= 4 is 29.1 Å². The second-order valence-electron chi connectivity index (χ2n) is 5.08. The van der Waals surface area contributed by atoms with Crippen LogP contribution in [-0.4, -0.2) is 39.6 Å². The molecule has 124 valence electrons. The summed E-state index contributed by atoms with van der Waals surface area (Å²) >= 11 is 3.40. The number of aromatic nitrogens is 3. The lowest BCUT2D eigenvalue weighted by atomic mass is 10.2. The predicted molar refractivity (Wildman–Crippen MR) is 95.7 cm³/mol. The molecule has 0 saturated carbocycles. The Kier molecular flexibility index (Phi) is 7.35. The first-order valence-electron chi connectivity index (χ1n) is 7.42. The number of nitrogens with zero attached hydrogens (tertiary/aromatic N) is 3. The van der Waals surface area contributed by atoms with E-state index in [0.717, 1.165) is 35.7 Å². The quantitative estimate of drug-likeness (QED) is 0.392. The average Bonchev–Trinajstić information content (AvgIpc) is 3.23. The normalized spacial score (nSPS) is 11.7. The van der Waals surface area contributed by atoms with Crippen molar-refractivity contribution in [1.82, 2.24) is 15.0 Å². The lowest BCUT2D eigenvalue weighted by molar-refractivity contribution is -0.140. The summed E-state index contributed by atoms with van der Waals surface area (Å²) in [5, 5.41) is 12.5. The average molecular weight is 351 g/mol. The van der Waals surface area contributed by atoms with Gasteiger partial charge in [-0.05, 0) is 24.8 Å². The van der Waals surface area contributed by atoms with Gasteiger partial charge in [-0.1, -0.05) is 16.9 Å². The SMILES string of the molecule is COC(=O)CCSC/C=C(\C)CCn1cc(-c2ccsc2)nn1. The summed E-state index contributed by atoms with van der Waals surface area (Å²) in [6.45, 7) is 2.95. The number of esters is 1. The molecule has 2 aromatic heterocycles. The molecule has 2 rings (SSSR count). The largest absolute Gasteiger partial charge is 0.469 e. The molecule has 0 aliphatic carbocycles. The van der Waals surface area contributed by atoms with Gasteiger partial charge in [0.25, 0.3) is 0 Å². The van der Waals surface area contributed by atoms with Crippen molar-refractivity contribution in [3.8, 4) is 11.3 Å². The zero-order chi connectivity index (χ0) is 16.5. The van der Waals surface area contributed by atoms with Crippen LogP contribution in [0.2, 0.25) is 0 Å². The number of ether oxygens (including phenoxy) is 1. The summed E-state index contributed by atoms with van der Waals surface area (Å²) in [7, 11) is 1.42. The maximum absolute atomic E-state index is 11.0. The smallest absolute Gasteiger partial charge is 0.306 e. The van der Waals surface area contributed by atoms with Gasteiger partial charge in [0, 0.05) is 29.0 Å². The molecular weight excluding hydrogens is 330 g/mol. The van der Waals surface area contributed by atoms with E-state index in [4.69, 9.17) is 0 Å². The van der Waals surface area contributed by atoms with Crippen molar-refractivity contribution in [3.05, 3.63) is 34.7 Å². The predicted octanol–water partition coefficient (Wildman–Crippen LogP) is 3.64. The van der Waals surface area contributed by atoms with E-state index in [1.54, 1.807) is 23.1 Å². The van der Waals surface area contributed by atoms with Crippen molar-refractivity contribution in [2.45, 2.75) is 26.3 Å². The minimum atomic E-state index is -0.147. The molecule has 0 unspecified atom stereocenters. The second kappa shape index (κ2) is 9.52. The molecular formula is C16H21N3O2S2. The minimum Gasteiger partial charge on any atom is -0.469 e. The number of carbonyl (C=O) groups is 1. The zero-order valence-electron chi connectivity index (χ0n) is 13.4. The van der Waals surface area contributed by atoms with Crippen molar-refractivity contribution in [1.29, 1.82) is 0 Å². The fourth-order valence-corrected chi connectivity index (χ4v) is 3.41. The Morgan fingerprint density at radius 3 is 3.09 bits per heavy atom. The van der Waals surface area contributed by atoms with Crippen LogP contribution in [0.3, 0.4) is 0 Å². The summed E-state index contributed by atoms with van der Waals surface area (Å²) in [6.07, 6.45) is 5.61. The van der Waals surface area contributed by atoms with Gasteiger partial charge in [0.05, 0.1) is 19.7 Å². The van der Waals surface area contributed by atoms with Crippen LogP contribution in [-0.2, 0) is 16.1 Å². The maximum Gasteiger partial charge on any atom is 0.306 e. The Balaban J connectivity index is 1.69. The van der Waals surface area contributed by atoms with Gasteiger partial charge >= 0.3 is 5.97 Å². The topological polar surface area (TPSA) is 57.0 Å². The maximum atomic E-state index is 11.0. The lowest BCUT2D eigenvalue weighted by Crippen LogP contribution is -2.01. The number of hydrogen-bond acceptors (Lipinski definition) is 6. The van der Waals surface area contributed by atoms with E-state index in [1.165, 1.54) is 12.7 Å². The van der Waals surface area contributed by atoms with Crippen molar-refractivity contribution < 1.29 is 9.53 Å². The Morgan fingerprint density at radius 1 is 1.48 bits per heavy atom. The molecule has 0 amide bonds. The lowest BCUT2D eigenvalue weighted by Gasteiger charge is -2.02. The third-order valence-electron chi connectivity index (χ3n) is 3.32. The van der Waals surface area contributed by atoms with Crippen LogP contribution >= 0.6 is 23.1 Å². The fourth-order valence-electron chi connectivity index (χ4n) is 1.89. The number of aryl methyl sites for hydroxylation is 1. The number of thiophene rings is 1. The first kappa shape index (κ1) is 17.7. The molecule has 2 aromatic rings. The van der Waals surface area contributed by atoms with Crippen molar-refractivity contribution in [2.24, 2.45) is 0 Å². The number of methoxy groups -OCH3 is 1. The second-order valence-corrected chi connectivity index (χ2v) is 7.01. The number of hydrogen-bond donors (Lipinski definition) is 0. The van der Waals surface area contributed by atoms with E-state index < -0.39 is 0 Å². The molecule has 0 fully saturated rings. The van der Waals surface area contributed by atoms with E-state index in [1.807, 2.05) is 16.3 Å². The number of carbonyl (C=O) groups excluding carboxylic acids is 1. The number of allylic oxidation sites excluding steroid dienone is 1. The van der Waals surface area contributed by atoms with Gasteiger partial charge in [0.15, 0.2) is 0 Å². The van der Waals surface area contributed by atoms with Gasteiger partial charge in [-0.25, -0.2) is 0 Å². The zero-order valence-corrected chi connectivity index (χ0v) is 15.0. The van der Waals surface area contributed by atoms with Gasteiger partial charge in [0.1, 0.15) is 5.69 Å². The molecule has 0 saturated heterocycles. The van der Waals surface area contributed by atoms with Gasteiger partial charge in [-0.3, -0.25) is 9.48 Å². The summed E-state index contributed by atoms with van der Waals surface area (Å²) in [5.74, 6) is 1.56. The molecule has 0 aliphatic heterocycles. The first-order valence-corrected chi connectivity index (χ1v) is 9.51. The number of rotatable bonds is 9. The van der Waals surface area contributed by atoms with Crippen LogP contribution in [0.25, 0.3) is 11.3 Å². The molecule has 7 heteroatoms. The highest BCUT2D eigenvalue weighted by molar-refractivity contribution is 7.99. The highest BCUT2D eigenvalue weighted by atomic mass is 32.2. The third kappa shape index (κ3) is 6.19. The molecule has 0 aromatic carbocycles. The molecule has 5 nitrogen and oxygen atoms in total. The summed E-state index contributed by atoms with van der Waals surface area (Å²) in [4.78, 5) is 11.0. The number of thioether (sulfide) groups is 1. The Labute approximate surface area is 144 Å². The third-order valence-corrected chi connectivity index (χ3v) is 4.90. The standard InChI is InChI=1S/C16H21N3O2S2/c1-13(4-8-22-10-6-16(20)21-2)3-7-19-11-15(17-18-19)14-5-9-23-12-14/h4-5,9,11-12H,3,6-8,10H2,1-2H3/b13-4+. The first-order chi connectivity index (χ1) is 11.2. The van der Waals surface area contributed by atoms with E-state index in [0.29, 0.717) is 6.42 Å². The van der Waals surface area contributed by atoms with Crippen molar-refractivity contribution in [2.75, 3.05) is 18.6 Å². The van der Waals surface area contributed by atoms with Gasteiger partial charge < -0.3 is 4.74 Å². The van der Waals surface area contributed by atoms with E-state index in [-0.39, 0.29) is 5.97 Å². The van der Waals surface area contributed by atoms with Gasteiger partial charge in [-0.2, -0.15) is 23.1 Å². The molecule has 0 bridgehead atoms. The Hall–Kier alpha value is -1.60. The molecule has 0 aliphatic rings. The van der Waals surface area contributed by atoms with E-state index in [9.17, 15) is 4.79 Å². The van der Waals surface area contributed by atoms with Crippen LogP contribution in [0.4, 0.5) is 0 Å². The Morgan fingerprint density at radius 2 is 2.35 bits per heavy atom. The minimum absolute atomic E-state index is 0.147.